The van der Waals surface area contributed by atoms with Gasteiger partial charge in [0.2, 0.25) is 5.91 Å². The smallest absolute Gasteiger partial charge is 0.313 e. The molecule has 0 unspecified atom stereocenters. The van der Waals surface area contributed by atoms with Crippen molar-refractivity contribution >= 4 is 23.5 Å². The fourth-order valence-electron chi connectivity index (χ4n) is 3.34. The molecule has 2 N–H and O–H groups in total. The minimum atomic E-state index is -0.948. The Labute approximate surface area is 163 Å². The zero-order chi connectivity index (χ0) is 20.9. The highest BCUT2D eigenvalue weighted by atomic mass is 19.1. The van der Waals surface area contributed by atoms with Gasteiger partial charge in [-0.15, -0.1) is 0 Å². The van der Waals surface area contributed by atoms with Gasteiger partial charge in [0.15, 0.2) is 6.61 Å². The summed E-state index contributed by atoms with van der Waals surface area (Å²) in [7, 11) is 0. The van der Waals surface area contributed by atoms with Crippen molar-refractivity contribution in [1.29, 1.82) is 0 Å². The van der Waals surface area contributed by atoms with Gasteiger partial charge in [0.1, 0.15) is 11.6 Å². The summed E-state index contributed by atoms with van der Waals surface area (Å²) < 4.78 is 31.6. The quantitative estimate of drug-likeness (QED) is 0.723. The van der Waals surface area contributed by atoms with E-state index in [0.717, 1.165) is 25.0 Å². The molecule has 1 aliphatic rings. The SMILES string of the molecule is CC(C)(C)NC(=O)CC1(C(=O)OCC(=O)Nc2ccc(F)cc2F)CCCC1. The fraction of sp³-hybridized carbons (Fsp3) is 0.550. The van der Waals surface area contributed by atoms with Gasteiger partial charge < -0.3 is 15.4 Å². The van der Waals surface area contributed by atoms with Crippen molar-refractivity contribution in [1.82, 2.24) is 5.32 Å². The Kier molecular flexibility index (Phi) is 6.74. The largest absolute Gasteiger partial charge is 0.455 e. The summed E-state index contributed by atoms with van der Waals surface area (Å²) in [6, 6.07) is 2.73. The maximum absolute atomic E-state index is 13.6. The Morgan fingerprint density at radius 1 is 1.11 bits per heavy atom. The summed E-state index contributed by atoms with van der Waals surface area (Å²) >= 11 is 0. The lowest BCUT2D eigenvalue weighted by molar-refractivity contribution is -0.160. The fourth-order valence-corrected chi connectivity index (χ4v) is 3.34. The van der Waals surface area contributed by atoms with Gasteiger partial charge in [0.05, 0.1) is 11.1 Å². The zero-order valence-corrected chi connectivity index (χ0v) is 16.4. The molecule has 0 aromatic heterocycles. The van der Waals surface area contributed by atoms with Crippen LogP contribution in [0.3, 0.4) is 0 Å². The summed E-state index contributed by atoms with van der Waals surface area (Å²) in [5.41, 5.74) is -1.57. The number of anilines is 1. The molecular formula is C20H26F2N2O4. The first-order valence-corrected chi connectivity index (χ1v) is 9.24. The first-order chi connectivity index (χ1) is 13.0. The molecule has 1 aliphatic carbocycles. The van der Waals surface area contributed by atoms with Crippen molar-refractivity contribution in [2.24, 2.45) is 5.41 Å². The van der Waals surface area contributed by atoms with E-state index >= 15 is 0 Å². The average molecular weight is 396 g/mol. The van der Waals surface area contributed by atoms with Gasteiger partial charge >= 0.3 is 5.97 Å². The summed E-state index contributed by atoms with van der Waals surface area (Å²) in [4.78, 5) is 36.9. The second-order valence-corrected chi connectivity index (χ2v) is 8.21. The highest BCUT2D eigenvalue weighted by Gasteiger charge is 2.44. The molecule has 1 aromatic rings. The number of nitrogens with one attached hydrogen (secondary N) is 2. The number of halogens is 2. The number of hydrogen-bond donors (Lipinski definition) is 2. The van der Waals surface area contributed by atoms with Crippen LogP contribution in [-0.4, -0.2) is 29.9 Å². The third kappa shape index (κ3) is 6.00. The van der Waals surface area contributed by atoms with Crippen molar-refractivity contribution in [3.8, 4) is 0 Å². The molecule has 0 spiro atoms. The summed E-state index contributed by atoms with van der Waals surface area (Å²) in [6.07, 6.45) is 2.61. The Balaban J connectivity index is 1.94. The minimum Gasteiger partial charge on any atom is -0.455 e. The van der Waals surface area contributed by atoms with Crippen molar-refractivity contribution in [3.63, 3.8) is 0 Å². The molecule has 1 saturated carbocycles. The molecule has 0 saturated heterocycles. The summed E-state index contributed by atoms with van der Waals surface area (Å²) in [6.45, 7) is 4.94. The van der Waals surface area contributed by atoms with Crippen LogP contribution >= 0.6 is 0 Å². The third-order valence-electron chi connectivity index (χ3n) is 4.55. The van der Waals surface area contributed by atoms with Crippen LogP contribution in [0.25, 0.3) is 0 Å². The van der Waals surface area contributed by atoms with Crippen molar-refractivity contribution in [3.05, 3.63) is 29.8 Å². The first kappa shape index (κ1) is 21.8. The molecule has 1 fully saturated rings. The van der Waals surface area contributed by atoms with Crippen molar-refractivity contribution < 1.29 is 27.9 Å². The number of carbonyl (C=O) groups excluding carboxylic acids is 3. The molecule has 28 heavy (non-hydrogen) atoms. The van der Waals surface area contributed by atoms with Crippen LogP contribution in [0.1, 0.15) is 52.9 Å². The normalized spacial score (nSPS) is 15.8. The lowest BCUT2D eigenvalue weighted by Gasteiger charge is -2.28. The van der Waals surface area contributed by atoms with E-state index in [1.807, 2.05) is 20.8 Å². The maximum Gasteiger partial charge on any atom is 0.313 e. The van der Waals surface area contributed by atoms with E-state index in [-0.39, 0.29) is 18.0 Å². The Bertz CT molecular complexity index is 753. The van der Waals surface area contributed by atoms with Gasteiger partial charge in [-0.2, -0.15) is 0 Å². The molecule has 0 bridgehead atoms. The Hall–Kier alpha value is -2.51. The van der Waals surface area contributed by atoms with Crippen LogP contribution in [0.5, 0.6) is 0 Å². The van der Waals surface area contributed by atoms with E-state index < -0.39 is 41.1 Å². The van der Waals surface area contributed by atoms with Gasteiger partial charge in [-0.25, -0.2) is 8.78 Å². The Morgan fingerprint density at radius 2 is 1.75 bits per heavy atom. The number of carbonyl (C=O) groups is 3. The van der Waals surface area contributed by atoms with Gasteiger partial charge in [-0.3, -0.25) is 14.4 Å². The molecule has 0 radical (unpaired) electrons. The van der Waals surface area contributed by atoms with Crippen LogP contribution < -0.4 is 10.6 Å². The topological polar surface area (TPSA) is 84.5 Å². The molecule has 6 nitrogen and oxygen atoms in total. The van der Waals surface area contributed by atoms with E-state index in [9.17, 15) is 23.2 Å². The molecule has 154 valence electrons. The van der Waals surface area contributed by atoms with Crippen molar-refractivity contribution in [2.75, 3.05) is 11.9 Å². The third-order valence-corrected chi connectivity index (χ3v) is 4.55. The van der Waals surface area contributed by atoms with Crippen LogP contribution in [-0.2, 0) is 19.1 Å². The molecule has 0 atom stereocenters. The maximum atomic E-state index is 13.6. The lowest BCUT2D eigenvalue weighted by Crippen LogP contribution is -2.44. The van der Waals surface area contributed by atoms with E-state index in [4.69, 9.17) is 4.74 Å². The number of hydrogen-bond acceptors (Lipinski definition) is 4. The molecule has 2 amide bonds. The second kappa shape index (κ2) is 8.67. The number of rotatable bonds is 6. The highest BCUT2D eigenvalue weighted by molar-refractivity contribution is 5.94. The number of amides is 2. The minimum absolute atomic E-state index is 0.00267. The van der Waals surface area contributed by atoms with E-state index in [0.29, 0.717) is 18.9 Å². The van der Waals surface area contributed by atoms with Crippen LogP contribution in [0.15, 0.2) is 18.2 Å². The van der Waals surface area contributed by atoms with E-state index in [1.165, 1.54) is 0 Å². The van der Waals surface area contributed by atoms with E-state index in [2.05, 4.69) is 10.6 Å². The molecular weight excluding hydrogens is 370 g/mol. The molecule has 2 rings (SSSR count). The van der Waals surface area contributed by atoms with E-state index in [1.54, 1.807) is 0 Å². The Morgan fingerprint density at radius 3 is 2.32 bits per heavy atom. The number of ether oxygens (including phenoxy) is 1. The van der Waals surface area contributed by atoms with Crippen molar-refractivity contribution in [2.45, 2.75) is 58.4 Å². The molecule has 0 aliphatic heterocycles. The summed E-state index contributed by atoms with van der Waals surface area (Å²) in [5.74, 6) is -3.29. The first-order valence-electron chi connectivity index (χ1n) is 9.24. The predicted molar refractivity (Wildman–Crippen MR) is 99.4 cm³/mol. The lowest BCUT2D eigenvalue weighted by atomic mass is 9.82. The predicted octanol–water partition coefficient (Wildman–Crippen LogP) is 3.31. The highest BCUT2D eigenvalue weighted by Crippen LogP contribution is 2.42. The standard InChI is InChI=1S/C20H26F2N2O4/c1-19(2,3)24-16(25)11-20(8-4-5-9-20)18(27)28-12-17(26)23-15-7-6-13(21)10-14(15)22/h6-7,10H,4-5,8-9,11-12H2,1-3H3,(H,23,26)(H,24,25). The molecule has 0 heterocycles. The van der Waals surface area contributed by atoms with Crippen LogP contribution in [0.4, 0.5) is 14.5 Å². The monoisotopic (exact) mass is 396 g/mol. The van der Waals surface area contributed by atoms with Gasteiger partial charge in [0, 0.05) is 18.0 Å². The van der Waals surface area contributed by atoms with Gasteiger partial charge in [-0.1, -0.05) is 12.8 Å². The van der Waals surface area contributed by atoms with Gasteiger partial charge in [0.25, 0.3) is 5.91 Å². The average Bonchev–Trinajstić information content (AvgIpc) is 3.03. The molecule has 8 heteroatoms. The zero-order valence-electron chi connectivity index (χ0n) is 16.4. The van der Waals surface area contributed by atoms with Crippen LogP contribution in [0, 0.1) is 17.0 Å². The van der Waals surface area contributed by atoms with Crippen LogP contribution in [0.2, 0.25) is 0 Å². The van der Waals surface area contributed by atoms with Gasteiger partial charge in [-0.05, 0) is 45.7 Å². The number of benzene rings is 1. The summed E-state index contributed by atoms with van der Waals surface area (Å²) in [5, 5.41) is 5.07. The second-order valence-electron chi connectivity index (χ2n) is 8.21. The molecule has 1 aromatic carbocycles. The number of esters is 1.